The van der Waals surface area contributed by atoms with Gasteiger partial charge in [0.05, 0.1) is 26.9 Å². The van der Waals surface area contributed by atoms with Gasteiger partial charge in [-0.3, -0.25) is 4.79 Å². The first-order valence-corrected chi connectivity index (χ1v) is 8.42. The van der Waals surface area contributed by atoms with Gasteiger partial charge in [0.15, 0.2) is 0 Å². The summed E-state index contributed by atoms with van der Waals surface area (Å²) in [5.74, 6) is 1.41. The molecule has 25 heavy (non-hydrogen) atoms. The molecule has 0 aromatic heterocycles. The molecule has 0 unspecified atom stereocenters. The number of likely N-dealkylation sites (tertiary alicyclic amines) is 1. The molecule has 1 amide bonds. The molecule has 1 saturated heterocycles. The highest BCUT2D eigenvalue weighted by molar-refractivity contribution is 5.96. The van der Waals surface area contributed by atoms with E-state index in [1.807, 2.05) is 42.5 Å². The molecule has 2 aromatic carbocycles. The second-order valence-corrected chi connectivity index (χ2v) is 6.12. The van der Waals surface area contributed by atoms with Crippen molar-refractivity contribution < 1.29 is 19.4 Å². The third-order valence-corrected chi connectivity index (χ3v) is 4.68. The summed E-state index contributed by atoms with van der Waals surface area (Å²) in [4.78, 5) is 14.6. The molecule has 1 aliphatic rings. The van der Waals surface area contributed by atoms with Crippen LogP contribution >= 0.6 is 0 Å². The van der Waals surface area contributed by atoms with Crippen molar-refractivity contribution in [2.24, 2.45) is 0 Å². The first-order valence-electron chi connectivity index (χ1n) is 8.42. The van der Waals surface area contributed by atoms with E-state index in [4.69, 9.17) is 9.47 Å². The topological polar surface area (TPSA) is 59.0 Å². The molecule has 0 bridgehead atoms. The molecule has 1 N–H and O–H groups in total. The predicted molar refractivity (Wildman–Crippen MR) is 96.1 cm³/mol. The highest BCUT2D eigenvalue weighted by Crippen LogP contribution is 2.34. The van der Waals surface area contributed by atoms with Crippen LogP contribution in [-0.2, 0) is 0 Å². The van der Waals surface area contributed by atoms with E-state index in [9.17, 15) is 9.90 Å². The van der Waals surface area contributed by atoms with Gasteiger partial charge in [-0.2, -0.15) is 0 Å². The SMILES string of the molecule is COc1ccc(OC)c(-c2cccc(C(=O)N3CCC[C@H]3CO)c2)c1. The number of amides is 1. The zero-order valence-electron chi connectivity index (χ0n) is 14.6. The summed E-state index contributed by atoms with van der Waals surface area (Å²) in [5.41, 5.74) is 2.38. The molecule has 3 rings (SSSR count). The number of ether oxygens (including phenoxy) is 2. The van der Waals surface area contributed by atoms with E-state index in [-0.39, 0.29) is 18.6 Å². The quantitative estimate of drug-likeness (QED) is 0.908. The molecule has 1 fully saturated rings. The Kier molecular flexibility index (Phi) is 5.24. The Balaban J connectivity index is 1.96. The standard InChI is InChI=1S/C20H23NO4/c1-24-17-8-9-19(25-2)18(12-17)14-5-3-6-15(11-14)20(23)21-10-4-7-16(21)13-22/h3,5-6,8-9,11-12,16,22H,4,7,10,13H2,1-2H3/t16-/m0/s1. The predicted octanol–water partition coefficient (Wildman–Crippen LogP) is 2.97. The second kappa shape index (κ2) is 7.57. The third kappa shape index (κ3) is 3.46. The Hall–Kier alpha value is -2.53. The fourth-order valence-electron chi connectivity index (χ4n) is 3.32. The first kappa shape index (κ1) is 17.3. The van der Waals surface area contributed by atoms with Gasteiger partial charge in [-0.25, -0.2) is 0 Å². The summed E-state index contributed by atoms with van der Waals surface area (Å²) >= 11 is 0. The van der Waals surface area contributed by atoms with Crippen LogP contribution in [0.1, 0.15) is 23.2 Å². The number of hydrogen-bond donors (Lipinski definition) is 1. The Labute approximate surface area is 147 Å². The van der Waals surface area contributed by atoms with Crippen LogP contribution in [0.15, 0.2) is 42.5 Å². The Bertz CT molecular complexity index is 759. The van der Waals surface area contributed by atoms with Gasteiger partial charge in [-0.1, -0.05) is 12.1 Å². The molecule has 5 nitrogen and oxygen atoms in total. The van der Waals surface area contributed by atoms with Gasteiger partial charge in [0.2, 0.25) is 0 Å². The lowest BCUT2D eigenvalue weighted by atomic mass is 10.0. The smallest absolute Gasteiger partial charge is 0.254 e. The molecule has 1 heterocycles. The number of methoxy groups -OCH3 is 2. The molecule has 1 aliphatic heterocycles. The Morgan fingerprint density at radius 1 is 1.20 bits per heavy atom. The van der Waals surface area contributed by atoms with Crippen molar-refractivity contribution in [1.29, 1.82) is 0 Å². The van der Waals surface area contributed by atoms with Crippen molar-refractivity contribution in [3.05, 3.63) is 48.0 Å². The molecule has 5 heteroatoms. The van der Waals surface area contributed by atoms with Crippen molar-refractivity contribution in [2.45, 2.75) is 18.9 Å². The number of hydrogen-bond acceptors (Lipinski definition) is 4. The van der Waals surface area contributed by atoms with Crippen LogP contribution in [0.4, 0.5) is 0 Å². The van der Waals surface area contributed by atoms with E-state index < -0.39 is 0 Å². The molecule has 0 aliphatic carbocycles. The number of rotatable bonds is 5. The normalized spacial score (nSPS) is 16.8. The van der Waals surface area contributed by atoms with Gasteiger partial charge in [0, 0.05) is 17.7 Å². The van der Waals surface area contributed by atoms with Crippen LogP contribution in [0, 0.1) is 0 Å². The minimum Gasteiger partial charge on any atom is -0.497 e. The molecule has 132 valence electrons. The zero-order valence-corrected chi connectivity index (χ0v) is 14.6. The van der Waals surface area contributed by atoms with E-state index >= 15 is 0 Å². The number of benzene rings is 2. The van der Waals surface area contributed by atoms with E-state index in [0.717, 1.165) is 35.5 Å². The van der Waals surface area contributed by atoms with Crippen LogP contribution in [0.3, 0.4) is 0 Å². The highest BCUT2D eigenvalue weighted by atomic mass is 16.5. The second-order valence-electron chi connectivity index (χ2n) is 6.12. The minimum atomic E-state index is -0.0810. The minimum absolute atomic E-state index is 0.00907. The maximum Gasteiger partial charge on any atom is 0.254 e. The molecular formula is C20H23NO4. The zero-order chi connectivity index (χ0) is 17.8. The lowest BCUT2D eigenvalue weighted by Crippen LogP contribution is -2.37. The number of carbonyl (C=O) groups excluding carboxylic acids is 1. The fourth-order valence-corrected chi connectivity index (χ4v) is 3.32. The molecule has 2 aromatic rings. The Morgan fingerprint density at radius 3 is 2.76 bits per heavy atom. The van der Waals surface area contributed by atoms with Gasteiger partial charge < -0.3 is 19.5 Å². The molecule has 0 radical (unpaired) electrons. The maximum atomic E-state index is 12.8. The van der Waals surface area contributed by atoms with Crippen LogP contribution in [0.2, 0.25) is 0 Å². The number of aliphatic hydroxyl groups excluding tert-OH is 1. The first-order chi connectivity index (χ1) is 12.2. The number of aliphatic hydroxyl groups is 1. The highest BCUT2D eigenvalue weighted by Gasteiger charge is 2.28. The average molecular weight is 341 g/mol. The Morgan fingerprint density at radius 2 is 2.04 bits per heavy atom. The van der Waals surface area contributed by atoms with Crippen molar-refractivity contribution in [3.63, 3.8) is 0 Å². The van der Waals surface area contributed by atoms with Crippen molar-refractivity contribution in [3.8, 4) is 22.6 Å². The molecule has 1 atom stereocenters. The number of nitrogens with zero attached hydrogens (tertiary/aromatic N) is 1. The van der Waals surface area contributed by atoms with Crippen molar-refractivity contribution in [1.82, 2.24) is 4.90 Å². The number of carbonyl (C=O) groups is 1. The summed E-state index contributed by atoms with van der Waals surface area (Å²) < 4.78 is 10.8. The lowest BCUT2D eigenvalue weighted by Gasteiger charge is -2.23. The van der Waals surface area contributed by atoms with Gasteiger partial charge in [-0.05, 0) is 48.7 Å². The summed E-state index contributed by atoms with van der Waals surface area (Å²) in [7, 11) is 3.24. The largest absolute Gasteiger partial charge is 0.497 e. The summed E-state index contributed by atoms with van der Waals surface area (Å²) in [6.45, 7) is 0.700. The molecular weight excluding hydrogens is 318 g/mol. The third-order valence-electron chi connectivity index (χ3n) is 4.68. The average Bonchev–Trinajstić information content (AvgIpc) is 3.15. The fraction of sp³-hybridized carbons (Fsp3) is 0.350. The van der Waals surface area contributed by atoms with E-state index in [1.54, 1.807) is 19.1 Å². The van der Waals surface area contributed by atoms with E-state index in [0.29, 0.717) is 12.1 Å². The molecule has 0 saturated carbocycles. The van der Waals surface area contributed by atoms with Crippen LogP contribution in [-0.4, -0.2) is 49.3 Å². The van der Waals surface area contributed by atoms with Crippen LogP contribution < -0.4 is 9.47 Å². The van der Waals surface area contributed by atoms with Gasteiger partial charge in [0.1, 0.15) is 11.5 Å². The van der Waals surface area contributed by atoms with Gasteiger partial charge in [-0.15, -0.1) is 0 Å². The summed E-state index contributed by atoms with van der Waals surface area (Å²) in [5, 5.41) is 9.47. The molecule has 0 spiro atoms. The summed E-state index contributed by atoms with van der Waals surface area (Å²) in [6, 6.07) is 13.0. The van der Waals surface area contributed by atoms with Gasteiger partial charge in [0.25, 0.3) is 5.91 Å². The monoisotopic (exact) mass is 341 g/mol. The van der Waals surface area contributed by atoms with Crippen LogP contribution in [0.5, 0.6) is 11.5 Å². The van der Waals surface area contributed by atoms with E-state index in [2.05, 4.69) is 0 Å². The van der Waals surface area contributed by atoms with Crippen LogP contribution in [0.25, 0.3) is 11.1 Å². The summed E-state index contributed by atoms with van der Waals surface area (Å²) in [6.07, 6.45) is 1.78. The van der Waals surface area contributed by atoms with E-state index in [1.165, 1.54) is 0 Å². The van der Waals surface area contributed by atoms with Crippen molar-refractivity contribution >= 4 is 5.91 Å². The lowest BCUT2D eigenvalue weighted by molar-refractivity contribution is 0.0677. The van der Waals surface area contributed by atoms with Gasteiger partial charge >= 0.3 is 0 Å². The van der Waals surface area contributed by atoms with Crippen molar-refractivity contribution in [2.75, 3.05) is 27.4 Å². The maximum absolute atomic E-state index is 12.8.